The van der Waals surface area contributed by atoms with Gasteiger partial charge in [-0.05, 0) is 39.0 Å². The van der Waals surface area contributed by atoms with E-state index in [0.29, 0.717) is 31.8 Å². The summed E-state index contributed by atoms with van der Waals surface area (Å²) >= 11 is 3.50. The topological polar surface area (TPSA) is 75.9 Å². The first-order valence-electron chi connectivity index (χ1n) is 8.84. The lowest BCUT2D eigenvalue weighted by Gasteiger charge is -2.36. The molecule has 0 atom stereocenters. The van der Waals surface area contributed by atoms with Gasteiger partial charge in [-0.1, -0.05) is 15.9 Å². The number of aromatic nitrogens is 4. The van der Waals surface area contributed by atoms with E-state index >= 15 is 0 Å². The number of rotatable bonds is 1. The van der Waals surface area contributed by atoms with Crippen LogP contribution in [-0.2, 0) is 4.74 Å². The van der Waals surface area contributed by atoms with Crippen molar-refractivity contribution in [1.82, 2.24) is 24.5 Å². The van der Waals surface area contributed by atoms with Crippen molar-refractivity contribution in [1.29, 1.82) is 0 Å². The lowest BCUT2D eigenvalue weighted by atomic mass is 10.2. The first kappa shape index (κ1) is 18.0. The number of hydrogen-bond donors (Lipinski definition) is 0. The quantitative estimate of drug-likeness (QED) is 0.587. The molecule has 2 aromatic heterocycles. The zero-order valence-electron chi connectivity index (χ0n) is 15.5. The number of benzene rings is 1. The number of fused-ring (bicyclic) bond motifs is 3. The van der Waals surface area contributed by atoms with Crippen LogP contribution < -0.4 is 4.90 Å². The molecule has 0 unspecified atom stereocenters. The Morgan fingerprint density at radius 2 is 1.93 bits per heavy atom. The van der Waals surface area contributed by atoms with Gasteiger partial charge in [0.1, 0.15) is 11.9 Å². The molecule has 0 aliphatic carbocycles. The highest BCUT2D eigenvalue weighted by atomic mass is 79.9. The van der Waals surface area contributed by atoms with E-state index in [4.69, 9.17) is 9.72 Å². The van der Waals surface area contributed by atoms with E-state index in [0.717, 1.165) is 21.3 Å². The van der Waals surface area contributed by atoms with Gasteiger partial charge in [0, 0.05) is 30.7 Å². The normalized spacial score (nSPS) is 15.6. The average molecular weight is 433 g/mol. The van der Waals surface area contributed by atoms with Crippen LogP contribution in [0.15, 0.2) is 29.0 Å². The van der Waals surface area contributed by atoms with Crippen molar-refractivity contribution in [2.24, 2.45) is 0 Å². The molecule has 9 heteroatoms. The van der Waals surface area contributed by atoms with E-state index in [1.54, 1.807) is 11.2 Å². The molecule has 0 radical (unpaired) electrons. The monoisotopic (exact) mass is 432 g/mol. The molecular formula is C18H21BrN6O2. The van der Waals surface area contributed by atoms with Gasteiger partial charge < -0.3 is 14.5 Å². The maximum absolute atomic E-state index is 12.3. The van der Waals surface area contributed by atoms with Gasteiger partial charge in [-0.3, -0.25) is 4.40 Å². The summed E-state index contributed by atoms with van der Waals surface area (Å²) in [5.41, 5.74) is 2.04. The number of piperazine rings is 1. The third-order valence-electron chi connectivity index (χ3n) is 4.40. The van der Waals surface area contributed by atoms with E-state index in [-0.39, 0.29) is 6.09 Å². The van der Waals surface area contributed by atoms with Crippen molar-refractivity contribution in [2.45, 2.75) is 26.4 Å². The molecule has 0 spiro atoms. The van der Waals surface area contributed by atoms with Crippen LogP contribution in [0.4, 0.5) is 10.6 Å². The van der Waals surface area contributed by atoms with Crippen LogP contribution in [0, 0.1) is 0 Å². The summed E-state index contributed by atoms with van der Waals surface area (Å²) in [6, 6.07) is 5.94. The van der Waals surface area contributed by atoms with Crippen LogP contribution in [-0.4, -0.2) is 62.4 Å². The van der Waals surface area contributed by atoms with Crippen LogP contribution in [0.1, 0.15) is 20.8 Å². The second kappa shape index (κ2) is 6.63. The molecule has 0 saturated carbocycles. The Morgan fingerprint density at radius 3 is 2.63 bits per heavy atom. The Labute approximate surface area is 165 Å². The van der Waals surface area contributed by atoms with Crippen LogP contribution in [0.3, 0.4) is 0 Å². The summed E-state index contributed by atoms with van der Waals surface area (Å²) in [5.74, 6) is 0.783. The highest BCUT2D eigenvalue weighted by Gasteiger charge is 2.27. The fraction of sp³-hybridized carbons (Fsp3) is 0.444. The highest BCUT2D eigenvalue weighted by Crippen LogP contribution is 2.26. The Kier molecular flexibility index (Phi) is 4.41. The van der Waals surface area contributed by atoms with Crippen LogP contribution >= 0.6 is 15.9 Å². The smallest absolute Gasteiger partial charge is 0.410 e. The van der Waals surface area contributed by atoms with Crippen LogP contribution in [0.25, 0.3) is 16.7 Å². The molecule has 3 heterocycles. The Balaban J connectivity index is 1.59. The lowest BCUT2D eigenvalue weighted by molar-refractivity contribution is 0.0240. The zero-order chi connectivity index (χ0) is 19.2. The van der Waals surface area contributed by atoms with Crippen molar-refractivity contribution in [3.05, 3.63) is 29.0 Å². The van der Waals surface area contributed by atoms with E-state index in [9.17, 15) is 4.79 Å². The maximum Gasteiger partial charge on any atom is 0.410 e. The molecule has 1 aliphatic rings. The third kappa shape index (κ3) is 3.55. The second-order valence-electron chi connectivity index (χ2n) is 7.55. The van der Waals surface area contributed by atoms with Gasteiger partial charge in [0.2, 0.25) is 5.65 Å². The Bertz CT molecular complexity index is 1000. The van der Waals surface area contributed by atoms with Crippen molar-refractivity contribution in [2.75, 3.05) is 31.1 Å². The average Bonchev–Trinajstić information content (AvgIpc) is 3.10. The molecule has 0 N–H and O–H groups in total. The highest BCUT2D eigenvalue weighted by molar-refractivity contribution is 9.10. The van der Waals surface area contributed by atoms with Gasteiger partial charge in [-0.2, -0.15) is 0 Å². The van der Waals surface area contributed by atoms with Crippen molar-refractivity contribution in [3.63, 3.8) is 0 Å². The van der Waals surface area contributed by atoms with Gasteiger partial charge in [0.05, 0.1) is 11.0 Å². The Morgan fingerprint density at radius 1 is 1.19 bits per heavy atom. The number of anilines is 1. The summed E-state index contributed by atoms with van der Waals surface area (Å²) in [5, 5.41) is 8.33. The maximum atomic E-state index is 12.3. The van der Waals surface area contributed by atoms with Crippen LogP contribution in [0.5, 0.6) is 0 Å². The molecule has 1 amide bonds. The number of nitrogens with zero attached hydrogens (tertiary/aromatic N) is 6. The summed E-state index contributed by atoms with van der Waals surface area (Å²) in [6.45, 7) is 8.11. The van der Waals surface area contributed by atoms with E-state index in [1.165, 1.54) is 0 Å². The SMILES string of the molecule is CC(C)(C)OC(=O)N1CCN(c2nc3ccc(Br)cc3n3cnnc23)CC1. The predicted octanol–water partition coefficient (Wildman–Crippen LogP) is 3.10. The second-order valence-corrected chi connectivity index (χ2v) is 8.46. The Hall–Kier alpha value is -2.42. The van der Waals surface area contributed by atoms with Crippen LogP contribution in [0.2, 0.25) is 0 Å². The fourth-order valence-corrected chi connectivity index (χ4v) is 3.50. The fourth-order valence-electron chi connectivity index (χ4n) is 3.15. The number of amides is 1. The van der Waals surface area contributed by atoms with Gasteiger partial charge in [-0.25, -0.2) is 9.78 Å². The minimum absolute atomic E-state index is 0.272. The zero-order valence-corrected chi connectivity index (χ0v) is 17.1. The van der Waals surface area contributed by atoms with Crippen molar-refractivity contribution in [3.8, 4) is 0 Å². The van der Waals surface area contributed by atoms with Gasteiger partial charge >= 0.3 is 6.09 Å². The molecule has 1 saturated heterocycles. The molecule has 4 rings (SSSR count). The molecule has 0 bridgehead atoms. The van der Waals surface area contributed by atoms with Gasteiger partial charge in [0.25, 0.3) is 0 Å². The molecule has 1 aromatic carbocycles. The third-order valence-corrected chi connectivity index (χ3v) is 4.90. The minimum Gasteiger partial charge on any atom is -0.444 e. The van der Waals surface area contributed by atoms with Crippen molar-refractivity contribution >= 4 is 44.5 Å². The van der Waals surface area contributed by atoms with E-state index < -0.39 is 5.60 Å². The van der Waals surface area contributed by atoms with Crippen molar-refractivity contribution < 1.29 is 9.53 Å². The summed E-state index contributed by atoms with van der Waals surface area (Å²) in [7, 11) is 0. The standard InChI is InChI=1S/C18H21BrN6O2/c1-18(2,3)27-17(26)24-8-6-23(7-9-24)15-16-22-20-11-25(16)14-10-12(19)4-5-13(14)21-15/h4-5,10-11H,6-9H2,1-3H3. The number of hydrogen-bond acceptors (Lipinski definition) is 6. The summed E-state index contributed by atoms with van der Waals surface area (Å²) < 4.78 is 8.39. The molecule has 1 aliphatic heterocycles. The van der Waals surface area contributed by atoms with Gasteiger partial charge in [-0.15, -0.1) is 10.2 Å². The minimum atomic E-state index is -0.490. The number of halogens is 1. The van der Waals surface area contributed by atoms with E-state index in [1.807, 2.05) is 43.4 Å². The lowest BCUT2D eigenvalue weighted by Crippen LogP contribution is -2.50. The molecule has 3 aromatic rings. The molecule has 8 nitrogen and oxygen atoms in total. The van der Waals surface area contributed by atoms with Gasteiger partial charge in [0.15, 0.2) is 5.82 Å². The summed E-state index contributed by atoms with van der Waals surface area (Å²) in [6.07, 6.45) is 1.43. The number of carbonyl (C=O) groups is 1. The largest absolute Gasteiger partial charge is 0.444 e. The first-order chi connectivity index (χ1) is 12.8. The molecule has 1 fully saturated rings. The number of carbonyl (C=O) groups excluding carboxylic acids is 1. The van der Waals surface area contributed by atoms with E-state index in [2.05, 4.69) is 31.0 Å². The molecular weight excluding hydrogens is 412 g/mol. The molecule has 27 heavy (non-hydrogen) atoms. The summed E-state index contributed by atoms with van der Waals surface area (Å²) in [4.78, 5) is 21.0. The first-order valence-corrected chi connectivity index (χ1v) is 9.63. The molecule has 142 valence electrons. The number of ether oxygens (including phenoxy) is 1. The predicted molar refractivity (Wildman–Crippen MR) is 106 cm³/mol.